The highest BCUT2D eigenvalue weighted by molar-refractivity contribution is 14.1. The molecule has 106 valence electrons. The molecule has 19 heavy (non-hydrogen) atoms. The van der Waals surface area contributed by atoms with Gasteiger partial charge >= 0.3 is 12.3 Å². The Bertz CT molecular complexity index is 491. The molecule has 4 nitrogen and oxygen atoms in total. The predicted molar refractivity (Wildman–Crippen MR) is 59.9 cm³/mol. The van der Waals surface area contributed by atoms with Gasteiger partial charge in [-0.2, -0.15) is 0 Å². The second-order valence-electron chi connectivity index (χ2n) is 3.24. The number of ether oxygens (including phenoxy) is 1. The van der Waals surface area contributed by atoms with Gasteiger partial charge in [0.05, 0.1) is 12.0 Å². The van der Waals surface area contributed by atoms with E-state index >= 15 is 0 Å². The van der Waals surface area contributed by atoms with E-state index in [4.69, 9.17) is 5.11 Å². The van der Waals surface area contributed by atoms with E-state index in [1.807, 2.05) is 0 Å². The lowest BCUT2D eigenvalue weighted by Crippen LogP contribution is -2.20. The third-order valence-corrected chi connectivity index (χ3v) is 2.40. The van der Waals surface area contributed by atoms with Crippen LogP contribution in [0.1, 0.15) is 17.6 Å². The second-order valence-corrected chi connectivity index (χ2v) is 4.35. The summed E-state index contributed by atoms with van der Waals surface area (Å²) in [5.41, 5.74) is -1.64. The highest BCUT2D eigenvalue weighted by atomic mass is 127. The summed E-state index contributed by atoms with van der Waals surface area (Å²) in [6.45, 7) is 0. The summed E-state index contributed by atoms with van der Waals surface area (Å²) in [4.78, 5) is 13.7. The fraction of sp³-hybridized carbons (Fsp3) is 0.333. The molecule has 0 atom stereocenters. The minimum atomic E-state index is -5.19. The SMILES string of the molecule is O=C(O)Cc1cc(I)nc(OC(F)(F)F)c1C(F)F. The monoisotopic (exact) mass is 397 g/mol. The Labute approximate surface area is 116 Å². The Hall–Kier alpha value is -1.20. The molecule has 0 radical (unpaired) electrons. The molecule has 0 spiro atoms. The van der Waals surface area contributed by atoms with Gasteiger partial charge in [0.15, 0.2) is 0 Å². The number of aliphatic carboxylic acids is 1. The zero-order valence-corrected chi connectivity index (χ0v) is 11.0. The number of aromatic nitrogens is 1. The summed E-state index contributed by atoms with van der Waals surface area (Å²) in [6.07, 6.45) is -9.38. The van der Waals surface area contributed by atoms with Gasteiger partial charge in [0.2, 0.25) is 5.88 Å². The average Bonchev–Trinajstić information content (AvgIpc) is 2.10. The van der Waals surface area contributed by atoms with E-state index < -0.39 is 42.2 Å². The van der Waals surface area contributed by atoms with Crippen molar-refractivity contribution in [3.63, 3.8) is 0 Å². The summed E-state index contributed by atoms with van der Waals surface area (Å²) < 4.78 is 65.1. The molecular weight excluding hydrogens is 392 g/mol. The van der Waals surface area contributed by atoms with Crippen LogP contribution in [0.2, 0.25) is 0 Å². The molecule has 0 aliphatic rings. The van der Waals surface area contributed by atoms with Crippen LogP contribution in [0.4, 0.5) is 22.0 Å². The van der Waals surface area contributed by atoms with Crippen LogP contribution >= 0.6 is 22.6 Å². The first-order valence-electron chi connectivity index (χ1n) is 4.55. The van der Waals surface area contributed by atoms with Crippen LogP contribution in [0.15, 0.2) is 6.07 Å². The smallest absolute Gasteiger partial charge is 0.481 e. The number of hydrogen-bond donors (Lipinski definition) is 1. The molecule has 1 rings (SSSR count). The second kappa shape index (κ2) is 5.84. The van der Waals surface area contributed by atoms with Crippen molar-refractivity contribution < 1.29 is 36.6 Å². The van der Waals surface area contributed by atoms with Crippen LogP contribution in [0.25, 0.3) is 0 Å². The van der Waals surface area contributed by atoms with Gasteiger partial charge in [-0.15, -0.1) is 13.2 Å². The molecular formula is C9H5F5INO3. The number of halogens is 6. The van der Waals surface area contributed by atoms with Gasteiger partial charge in [0.1, 0.15) is 3.70 Å². The van der Waals surface area contributed by atoms with Crippen LogP contribution in [0.3, 0.4) is 0 Å². The van der Waals surface area contributed by atoms with Gasteiger partial charge in [-0.1, -0.05) is 0 Å². The van der Waals surface area contributed by atoms with E-state index in [1.54, 1.807) is 0 Å². The van der Waals surface area contributed by atoms with Crippen LogP contribution < -0.4 is 4.74 Å². The molecule has 1 heterocycles. The average molecular weight is 397 g/mol. The molecule has 0 fully saturated rings. The Kier molecular flexibility index (Phi) is 4.87. The van der Waals surface area contributed by atoms with Crippen LogP contribution in [-0.2, 0) is 11.2 Å². The summed E-state index contributed by atoms with van der Waals surface area (Å²) in [7, 11) is 0. The topological polar surface area (TPSA) is 59.4 Å². The number of carbonyl (C=O) groups is 1. The number of hydrogen-bond acceptors (Lipinski definition) is 3. The van der Waals surface area contributed by atoms with Crippen LogP contribution in [0, 0.1) is 3.70 Å². The van der Waals surface area contributed by atoms with Crippen LogP contribution in [-0.4, -0.2) is 22.4 Å². The van der Waals surface area contributed by atoms with Crippen LogP contribution in [0.5, 0.6) is 5.88 Å². The summed E-state index contributed by atoms with van der Waals surface area (Å²) in [5, 5.41) is 8.56. The lowest BCUT2D eigenvalue weighted by Gasteiger charge is -2.15. The molecule has 0 bridgehead atoms. The van der Waals surface area contributed by atoms with E-state index in [0.29, 0.717) is 0 Å². The number of nitrogens with zero attached hydrogens (tertiary/aromatic N) is 1. The quantitative estimate of drug-likeness (QED) is 0.482. The van der Waals surface area contributed by atoms with E-state index in [-0.39, 0.29) is 3.70 Å². The maximum absolute atomic E-state index is 12.8. The lowest BCUT2D eigenvalue weighted by atomic mass is 10.1. The zero-order valence-electron chi connectivity index (χ0n) is 8.84. The highest BCUT2D eigenvalue weighted by Crippen LogP contribution is 2.35. The Balaban J connectivity index is 3.35. The normalized spacial score (nSPS) is 11.7. The van der Waals surface area contributed by atoms with E-state index in [9.17, 15) is 26.7 Å². The first-order chi connectivity index (χ1) is 8.60. The highest BCUT2D eigenvalue weighted by Gasteiger charge is 2.35. The molecule has 0 aliphatic heterocycles. The van der Waals surface area contributed by atoms with Crippen molar-refractivity contribution in [2.75, 3.05) is 0 Å². The molecule has 0 amide bonds. The summed E-state index contributed by atoms with van der Waals surface area (Å²) in [6, 6.07) is 0.972. The van der Waals surface area contributed by atoms with Crippen molar-refractivity contribution in [3.05, 3.63) is 20.9 Å². The molecule has 0 aromatic carbocycles. The molecule has 0 saturated carbocycles. The number of carboxylic acid groups (broad SMARTS) is 1. The first kappa shape index (κ1) is 15.9. The van der Waals surface area contributed by atoms with Crippen molar-refractivity contribution >= 4 is 28.6 Å². The Morgan fingerprint density at radius 3 is 2.47 bits per heavy atom. The van der Waals surface area contributed by atoms with E-state index in [2.05, 4.69) is 9.72 Å². The third-order valence-electron chi connectivity index (χ3n) is 1.85. The maximum Gasteiger partial charge on any atom is 0.574 e. The van der Waals surface area contributed by atoms with Gasteiger partial charge in [-0.05, 0) is 34.2 Å². The van der Waals surface area contributed by atoms with Gasteiger partial charge in [0.25, 0.3) is 6.43 Å². The largest absolute Gasteiger partial charge is 0.574 e. The maximum atomic E-state index is 12.8. The molecule has 10 heteroatoms. The van der Waals surface area contributed by atoms with Crippen molar-refractivity contribution in [2.24, 2.45) is 0 Å². The van der Waals surface area contributed by atoms with Crippen molar-refractivity contribution in [3.8, 4) is 5.88 Å². The lowest BCUT2D eigenvalue weighted by molar-refractivity contribution is -0.276. The fourth-order valence-corrected chi connectivity index (χ4v) is 1.87. The third kappa shape index (κ3) is 4.76. The fourth-order valence-electron chi connectivity index (χ4n) is 1.28. The number of carboxylic acids is 1. The van der Waals surface area contributed by atoms with Crippen molar-refractivity contribution in [2.45, 2.75) is 19.2 Å². The molecule has 1 aromatic rings. The summed E-state index contributed by atoms with van der Waals surface area (Å²) >= 11 is 1.47. The van der Waals surface area contributed by atoms with E-state index in [1.165, 1.54) is 22.6 Å². The Morgan fingerprint density at radius 2 is 2.05 bits per heavy atom. The van der Waals surface area contributed by atoms with Gasteiger partial charge < -0.3 is 9.84 Å². The minimum Gasteiger partial charge on any atom is -0.481 e. The number of pyridine rings is 1. The van der Waals surface area contributed by atoms with Crippen molar-refractivity contribution in [1.29, 1.82) is 0 Å². The first-order valence-corrected chi connectivity index (χ1v) is 5.63. The number of alkyl halides is 5. The van der Waals surface area contributed by atoms with Gasteiger partial charge in [0, 0.05) is 0 Å². The molecule has 1 aromatic heterocycles. The molecule has 1 N–H and O–H groups in total. The zero-order chi connectivity index (χ0) is 14.8. The number of rotatable bonds is 4. The molecule has 0 unspecified atom stereocenters. The Morgan fingerprint density at radius 1 is 1.47 bits per heavy atom. The summed E-state index contributed by atoms with van der Waals surface area (Å²) in [5.74, 6) is -2.78. The van der Waals surface area contributed by atoms with E-state index in [0.717, 1.165) is 6.07 Å². The molecule has 0 saturated heterocycles. The molecule has 0 aliphatic carbocycles. The minimum absolute atomic E-state index is 0.0856. The van der Waals surface area contributed by atoms with Crippen molar-refractivity contribution in [1.82, 2.24) is 4.98 Å². The van der Waals surface area contributed by atoms with Gasteiger partial charge in [-0.25, -0.2) is 13.8 Å². The standard InChI is InChI=1S/C9H5F5INO3/c10-7(11)6-3(2-5(17)18)1-4(15)16-8(6)19-9(12,13)14/h1,7H,2H2,(H,17,18). The van der Waals surface area contributed by atoms with Gasteiger partial charge in [-0.3, -0.25) is 4.79 Å². The predicted octanol–water partition coefficient (Wildman–Crippen LogP) is 3.15.